The van der Waals surface area contributed by atoms with Gasteiger partial charge in [-0.15, -0.1) is 0 Å². The molecule has 0 spiro atoms. The number of aliphatic carboxylic acids is 1. The molecule has 0 fully saturated rings. The van der Waals surface area contributed by atoms with Gasteiger partial charge in [0.15, 0.2) is 0 Å². The predicted octanol–water partition coefficient (Wildman–Crippen LogP) is -0.685. The summed E-state index contributed by atoms with van der Waals surface area (Å²) in [5.74, 6) is -2.71. The molecule has 8 N–H and O–H groups in total. The maximum Gasteiger partial charge on any atom is 0.326 e. The van der Waals surface area contributed by atoms with Gasteiger partial charge in [-0.25, -0.2) is 4.79 Å². The topological polar surface area (TPSA) is 177 Å². The van der Waals surface area contributed by atoms with Gasteiger partial charge in [0.25, 0.3) is 0 Å². The highest BCUT2D eigenvalue weighted by atomic mass is 16.4. The maximum absolute atomic E-state index is 12.6. The number of carboxylic acids is 1. The molecule has 168 valence electrons. The van der Waals surface area contributed by atoms with E-state index >= 15 is 0 Å². The summed E-state index contributed by atoms with van der Waals surface area (Å²) in [6.07, 6.45) is 1.80. The highest BCUT2D eigenvalue weighted by Gasteiger charge is 2.27. The number of unbranched alkanes of at least 4 members (excludes halogenated alkanes) is 1. The molecule has 0 bridgehead atoms. The van der Waals surface area contributed by atoms with Gasteiger partial charge in [0.1, 0.15) is 12.1 Å². The molecule has 3 atom stereocenters. The fraction of sp³-hybridized carbons (Fsp3) is 0.789. The van der Waals surface area contributed by atoms with E-state index in [0.29, 0.717) is 25.8 Å². The van der Waals surface area contributed by atoms with Crippen LogP contribution in [0.15, 0.2) is 0 Å². The summed E-state index contributed by atoms with van der Waals surface area (Å²) < 4.78 is 0. The van der Waals surface area contributed by atoms with Gasteiger partial charge in [-0.3, -0.25) is 14.4 Å². The number of carbonyl (C=O) groups is 4. The van der Waals surface area contributed by atoms with Crippen molar-refractivity contribution >= 4 is 23.7 Å². The summed E-state index contributed by atoms with van der Waals surface area (Å²) >= 11 is 0. The monoisotopic (exact) mass is 415 g/mol. The van der Waals surface area contributed by atoms with Gasteiger partial charge in [-0.05, 0) is 44.1 Å². The van der Waals surface area contributed by atoms with Crippen molar-refractivity contribution < 1.29 is 24.3 Å². The Morgan fingerprint density at radius 3 is 2.03 bits per heavy atom. The van der Waals surface area contributed by atoms with Crippen molar-refractivity contribution in [3.63, 3.8) is 0 Å². The van der Waals surface area contributed by atoms with Crippen LogP contribution in [0.3, 0.4) is 0 Å². The van der Waals surface area contributed by atoms with E-state index in [2.05, 4.69) is 16.0 Å². The van der Waals surface area contributed by atoms with Crippen molar-refractivity contribution in [3.8, 4) is 0 Å². The van der Waals surface area contributed by atoms with Gasteiger partial charge < -0.3 is 32.5 Å². The number of nitrogens with two attached hydrogens (primary N) is 2. The number of rotatable bonds is 14. The van der Waals surface area contributed by atoms with E-state index in [1.54, 1.807) is 13.8 Å². The molecule has 0 radical (unpaired) electrons. The van der Waals surface area contributed by atoms with Gasteiger partial charge in [0.2, 0.25) is 17.7 Å². The van der Waals surface area contributed by atoms with Crippen molar-refractivity contribution in [3.05, 3.63) is 0 Å². The second kappa shape index (κ2) is 13.9. The van der Waals surface area contributed by atoms with Crippen LogP contribution in [-0.4, -0.2) is 60.0 Å². The molecule has 0 aromatic heterocycles. The zero-order valence-electron chi connectivity index (χ0n) is 17.9. The van der Waals surface area contributed by atoms with Crippen molar-refractivity contribution in [1.82, 2.24) is 16.0 Å². The first kappa shape index (κ1) is 26.8. The first-order chi connectivity index (χ1) is 13.5. The SMILES string of the molecule is CC(C)CC(NC(=O)CNC(=O)C(N)C(C)C)C(=O)NC(CCCCN)C(=O)O. The number of amides is 3. The molecular formula is C19H37N5O5. The van der Waals surface area contributed by atoms with E-state index in [4.69, 9.17) is 11.5 Å². The van der Waals surface area contributed by atoms with Crippen molar-refractivity contribution in [2.24, 2.45) is 23.3 Å². The molecule has 0 aromatic rings. The Kier molecular flexibility index (Phi) is 12.8. The number of carbonyl (C=O) groups excluding carboxylic acids is 3. The number of nitrogens with one attached hydrogen (secondary N) is 3. The zero-order valence-corrected chi connectivity index (χ0v) is 17.9. The van der Waals surface area contributed by atoms with Crippen LogP contribution < -0.4 is 27.4 Å². The lowest BCUT2D eigenvalue weighted by Gasteiger charge is -2.23. The second-order valence-corrected chi connectivity index (χ2v) is 7.92. The van der Waals surface area contributed by atoms with Gasteiger partial charge >= 0.3 is 5.97 Å². The van der Waals surface area contributed by atoms with E-state index in [1.807, 2.05) is 13.8 Å². The Morgan fingerprint density at radius 2 is 1.55 bits per heavy atom. The summed E-state index contributed by atoms with van der Waals surface area (Å²) in [7, 11) is 0. The summed E-state index contributed by atoms with van der Waals surface area (Å²) in [6, 6.07) is -2.69. The molecule has 3 amide bonds. The standard InChI is InChI=1S/C19H37N5O5/c1-11(2)9-14(17(26)24-13(19(28)29)7-5-6-8-20)23-15(25)10-22-18(27)16(21)12(3)4/h11-14,16H,5-10,20-21H2,1-4H3,(H,22,27)(H,23,25)(H,24,26)(H,28,29). The predicted molar refractivity (Wildman–Crippen MR) is 110 cm³/mol. The number of hydrogen-bond acceptors (Lipinski definition) is 6. The van der Waals surface area contributed by atoms with Gasteiger partial charge in [0.05, 0.1) is 12.6 Å². The Balaban J connectivity index is 4.88. The van der Waals surface area contributed by atoms with Crippen LogP contribution in [0.5, 0.6) is 0 Å². The van der Waals surface area contributed by atoms with Crippen LogP contribution in [0.2, 0.25) is 0 Å². The highest BCUT2D eigenvalue weighted by Crippen LogP contribution is 2.07. The fourth-order valence-electron chi connectivity index (χ4n) is 2.56. The van der Waals surface area contributed by atoms with E-state index in [9.17, 15) is 24.3 Å². The average Bonchev–Trinajstić information content (AvgIpc) is 2.63. The Morgan fingerprint density at radius 1 is 0.931 bits per heavy atom. The molecule has 0 aromatic carbocycles. The summed E-state index contributed by atoms with van der Waals surface area (Å²) in [6.45, 7) is 7.47. The Hall–Kier alpha value is -2.20. The molecule has 0 aliphatic rings. The minimum atomic E-state index is -1.14. The van der Waals surface area contributed by atoms with Gasteiger partial charge in [-0.2, -0.15) is 0 Å². The van der Waals surface area contributed by atoms with Crippen LogP contribution >= 0.6 is 0 Å². The normalized spacial score (nSPS) is 14.2. The van der Waals surface area contributed by atoms with E-state index in [-0.39, 0.29) is 24.8 Å². The first-order valence-electron chi connectivity index (χ1n) is 10.0. The van der Waals surface area contributed by atoms with Gasteiger partial charge in [0, 0.05) is 0 Å². The Labute approximate surface area is 172 Å². The largest absolute Gasteiger partial charge is 0.480 e. The van der Waals surface area contributed by atoms with Crippen LogP contribution in [0, 0.1) is 11.8 Å². The first-order valence-corrected chi connectivity index (χ1v) is 10.0. The third-order valence-corrected chi connectivity index (χ3v) is 4.36. The van der Waals surface area contributed by atoms with E-state index in [0.717, 1.165) is 0 Å². The average molecular weight is 416 g/mol. The van der Waals surface area contributed by atoms with Crippen LogP contribution in [0.1, 0.15) is 53.4 Å². The molecule has 0 aliphatic carbocycles. The molecular weight excluding hydrogens is 378 g/mol. The smallest absolute Gasteiger partial charge is 0.326 e. The van der Waals surface area contributed by atoms with E-state index < -0.39 is 41.8 Å². The molecule has 0 saturated carbocycles. The molecule has 0 saturated heterocycles. The Bertz CT molecular complexity index is 553. The third-order valence-electron chi connectivity index (χ3n) is 4.36. The molecule has 0 rings (SSSR count). The molecule has 10 nitrogen and oxygen atoms in total. The van der Waals surface area contributed by atoms with E-state index in [1.165, 1.54) is 0 Å². The number of hydrogen-bond donors (Lipinski definition) is 6. The molecule has 3 unspecified atom stereocenters. The lowest BCUT2D eigenvalue weighted by Crippen LogP contribution is -2.54. The zero-order chi connectivity index (χ0) is 22.6. The lowest BCUT2D eigenvalue weighted by molar-refractivity contribution is -0.142. The lowest BCUT2D eigenvalue weighted by atomic mass is 10.0. The summed E-state index contributed by atoms with van der Waals surface area (Å²) in [5, 5.41) is 16.8. The van der Waals surface area contributed by atoms with Crippen LogP contribution in [-0.2, 0) is 19.2 Å². The maximum atomic E-state index is 12.6. The second-order valence-electron chi connectivity index (χ2n) is 7.92. The molecule has 10 heteroatoms. The van der Waals surface area contributed by atoms with Crippen molar-refractivity contribution in [2.45, 2.75) is 71.5 Å². The van der Waals surface area contributed by atoms with Gasteiger partial charge in [-0.1, -0.05) is 27.7 Å². The quantitative estimate of drug-likeness (QED) is 0.203. The van der Waals surface area contributed by atoms with Crippen molar-refractivity contribution in [2.75, 3.05) is 13.1 Å². The summed E-state index contributed by atoms with van der Waals surface area (Å²) in [5.41, 5.74) is 11.1. The van der Waals surface area contributed by atoms with Crippen molar-refractivity contribution in [1.29, 1.82) is 0 Å². The third kappa shape index (κ3) is 11.4. The molecule has 0 aliphatic heterocycles. The molecule has 29 heavy (non-hydrogen) atoms. The van der Waals surface area contributed by atoms with Crippen LogP contribution in [0.25, 0.3) is 0 Å². The fourth-order valence-corrected chi connectivity index (χ4v) is 2.56. The number of carboxylic acid groups (broad SMARTS) is 1. The minimum Gasteiger partial charge on any atom is -0.480 e. The minimum absolute atomic E-state index is 0.0789. The van der Waals surface area contributed by atoms with Crippen LogP contribution in [0.4, 0.5) is 0 Å². The molecule has 0 heterocycles. The summed E-state index contributed by atoms with van der Waals surface area (Å²) in [4.78, 5) is 48.0. The highest BCUT2D eigenvalue weighted by molar-refractivity contribution is 5.92.